The number of rotatable bonds is 5. The van der Waals surface area contributed by atoms with Crippen molar-refractivity contribution in [2.75, 3.05) is 13.1 Å². The van der Waals surface area contributed by atoms with Crippen LogP contribution in [0.5, 0.6) is 0 Å². The quantitative estimate of drug-likeness (QED) is 0.849. The lowest BCUT2D eigenvalue weighted by atomic mass is 10.1. The number of unbranched alkanes of at least 4 members (excludes halogenated alkanes) is 1. The molecule has 0 radical (unpaired) electrons. The van der Waals surface area contributed by atoms with Gasteiger partial charge in [-0.3, -0.25) is 14.2 Å². The minimum absolute atomic E-state index is 0.194. The molecule has 1 saturated heterocycles. The van der Waals surface area contributed by atoms with Gasteiger partial charge in [-0.1, -0.05) is 0 Å². The van der Waals surface area contributed by atoms with Crippen LogP contribution in [0.3, 0.4) is 0 Å². The van der Waals surface area contributed by atoms with Gasteiger partial charge in [-0.15, -0.1) is 11.3 Å². The molecular formula is C16H21N3O3S. The molecule has 0 atom stereocenters. The maximum atomic E-state index is 12.3. The zero-order chi connectivity index (χ0) is 16.2. The van der Waals surface area contributed by atoms with E-state index in [-0.39, 0.29) is 17.2 Å². The van der Waals surface area contributed by atoms with E-state index in [1.165, 1.54) is 22.3 Å². The summed E-state index contributed by atoms with van der Waals surface area (Å²) in [7, 11) is 0. The molecule has 1 fully saturated rings. The number of nitrogens with one attached hydrogen (secondary N) is 1. The summed E-state index contributed by atoms with van der Waals surface area (Å²) in [6, 6.07) is 1.74. The zero-order valence-corrected chi connectivity index (χ0v) is 13.9. The van der Waals surface area contributed by atoms with E-state index < -0.39 is 0 Å². The van der Waals surface area contributed by atoms with E-state index in [0.717, 1.165) is 25.9 Å². The van der Waals surface area contributed by atoms with Crippen LogP contribution in [0, 0.1) is 0 Å². The fraction of sp³-hybridized carbons (Fsp3) is 0.562. The second-order valence-corrected chi connectivity index (χ2v) is 6.87. The first-order valence-electron chi connectivity index (χ1n) is 8.15. The minimum Gasteiger partial charge on any atom is -0.343 e. The average Bonchev–Trinajstić information content (AvgIpc) is 3.03. The fourth-order valence-electron chi connectivity index (χ4n) is 3.02. The molecule has 1 aliphatic rings. The number of hydrogen-bond donors (Lipinski definition) is 1. The monoisotopic (exact) mass is 335 g/mol. The molecule has 2 aromatic rings. The van der Waals surface area contributed by atoms with E-state index in [0.29, 0.717) is 36.0 Å². The van der Waals surface area contributed by atoms with Crippen molar-refractivity contribution >= 4 is 27.5 Å². The number of nitrogens with zero attached hydrogens (tertiary/aromatic N) is 2. The highest BCUT2D eigenvalue weighted by molar-refractivity contribution is 7.17. The smallest absolute Gasteiger partial charge is 0.328 e. The molecule has 2 aromatic heterocycles. The molecule has 1 aliphatic heterocycles. The van der Waals surface area contributed by atoms with Crippen LogP contribution in [0.2, 0.25) is 0 Å². The normalized spacial score (nSPS) is 15.2. The molecule has 7 heteroatoms. The van der Waals surface area contributed by atoms with E-state index in [1.54, 1.807) is 11.4 Å². The van der Waals surface area contributed by atoms with Crippen LogP contribution in [0.15, 0.2) is 21.0 Å². The van der Waals surface area contributed by atoms with E-state index in [2.05, 4.69) is 4.98 Å². The fourth-order valence-corrected chi connectivity index (χ4v) is 3.82. The number of likely N-dealkylation sites (tertiary alicyclic amines) is 1. The maximum Gasteiger partial charge on any atom is 0.328 e. The van der Waals surface area contributed by atoms with E-state index in [1.807, 2.05) is 4.90 Å². The Kier molecular flexibility index (Phi) is 4.95. The van der Waals surface area contributed by atoms with Gasteiger partial charge in [0.1, 0.15) is 4.70 Å². The Labute approximate surface area is 137 Å². The second-order valence-electron chi connectivity index (χ2n) is 5.95. The van der Waals surface area contributed by atoms with Gasteiger partial charge in [0.2, 0.25) is 5.91 Å². The summed E-state index contributed by atoms with van der Waals surface area (Å²) < 4.78 is 1.82. The van der Waals surface area contributed by atoms with E-state index >= 15 is 0 Å². The highest BCUT2D eigenvalue weighted by Gasteiger charge is 2.16. The summed E-state index contributed by atoms with van der Waals surface area (Å²) in [5.74, 6) is 0.194. The molecule has 0 aromatic carbocycles. The lowest BCUT2D eigenvalue weighted by Gasteiger charge is -2.26. The number of aromatic amines is 1. The van der Waals surface area contributed by atoms with Gasteiger partial charge in [-0.25, -0.2) is 4.79 Å². The van der Waals surface area contributed by atoms with Crippen LogP contribution in [-0.4, -0.2) is 33.4 Å². The van der Waals surface area contributed by atoms with Crippen molar-refractivity contribution in [1.82, 2.24) is 14.5 Å². The van der Waals surface area contributed by atoms with Gasteiger partial charge in [0, 0.05) is 26.1 Å². The number of aromatic nitrogens is 2. The molecule has 6 nitrogen and oxygen atoms in total. The molecule has 1 amide bonds. The van der Waals surface area contributed by atoms with E-state index in [9.17, 15) is 14.4 Å². The molecule has 0 spiro atoms. The summed E-state index contributed by atoms with van der Waals surface area (Å²) in [4.78, 5) is 41.0. The van der Waals surface area contributed by atoms with Crippen LogP contribution in [0.25, 0.3) is 10.2 Å². The number of fused-ring (bicyclic) bond motifs is 1. The summed E-state index contributed by atoms with van der Waals surface area (Å²) in [6.45, 7) is 2.09. The summed E-state index contributed by atoms with van der Waals surface area (Å²) in [5, 5.41) is 1.80. The summed E-state index contributed by atoms with van der Waals surface area (Å²) in [5.41, 5.74) is -0.00843. The topological polar surface area (TPSA) is 75.2 Å². The molecular weight excluding hydrogens is 314 g/mol. The Bertz CT molecular complexity index is 799. The van der Waals surface area contributed by atoms with Gasteiger partial charge in [-0.05, 0) is 43.6 Å². The molecule has 0 saturated carbocycles. The molecule has 3 rings (SSSR count). The highest BCUT2D eigenvalue weighted by atomic mass is 32.1. The molecule has 1 N–H and O–H groups in total. The number of carbonyl (C=O) groups excluding carboxylic acids is 1. The van der Waals surface area contributed by atoms with Gasteiger partial charge < -0.3 is 9.88 Å². The van der Waals surface area contributed by atoms with E-state index in [4.69, 9.17) is 0 Å². The molecule has 0 bridgehead atoms. The number of hydrogen-bond acceptors (Lipinski definition) is 4. The standard InChI is InChI=1S/C16H21N3O3S/c20-13(18-8-3-1-4-9-18)6-2-5-10-19-15(21)14-12(7-11-23-14)17-16(19)22/h7,11H,1-6,8-10H2,(H,17,22). The van der Waals surface area contributed by atoms with Crippen molar-refractivity contribution in [3.05, 3.63) is 32.3 Å². The molecule has 124 valence electrons. The third kappa shape index (κ3) is 3.55. The van der Waals surface area contributed by atoms with Crippen LogP contribution in [0.4, 0.5) is 0 Å². The van der Waals surface area contributed by atoms with Gasteiger partial charge in [-0.2, -0.15) is 0 Å². The number of piperidine rings is 1. The molecule has 23 heavy (non-hydrogen) atoms. The van der Waals surface area contributed by atoms with Crippen molar-refractivity contribution < 1.29 is 4.79 Å². The first kappa shape index (κ1) is 16.0. The van der Waals surface area contributed by atoms with Gasteiger partial charge in [0.25, 0.3) is 5.56 Å². The van der Waals surface area contributed by atoms with Crippen LogP contribution >= 0.6 is 11.3 Å². The van der Waals surface area contributed by atoms with Gasteiger partial charge in [0.15, 0.2) is 0 Å². The third-order valence-electron chi connectivity index (χ3n) is 4.32. The highest BCUT2D eigenvalue weighted by Crippen LogP contribution is 2.13. The predicted molar refractivity (Wildman–Crippen MR) is 91.0 cm³/mol. The molecule has 3 heterocycles. The Morgan fingerprint density at radius 3 is 2.74 bits per heavy atom. The van der Waals surface area contributed by atoms with Crippen LogP contribution < -0.4 is 11.2 Å². The summed E-state index contributed by atoms with van der Waals surface area (Å²) in [6.07, 6.45) is 5.24. The lowest BCUT2D eigenvalue weighted by Crippen LogP contribution is -2.36. The first-order valence-corrected chi connectivity index (χ1v) is 9.03. The van der Waals surface area contributed by atoms with Crippen LogP contribution in [-0.2, 0) is 11.3 Å². The average molecular weight is 335 g/mol. The zero-order valence-electron chi connectivity index (χ0n) is 13.0. The number of H-pyrrole nitrogens is 1. The Balaban J connectivity index is 1.55. The van der Waals surface area contributed by atoms with Crippen LogP contribution in [0.1, 0.15) is 38.5 Å². The van der Waals surface area contributed by atoms with Gasteiger partial charge >= 0.3 is 5.69 Å². The Hall–Kier alpha value is -1.89. The van der Waals surface area contributed by atoms with Crippen molar-refractivity contribution in [3.63, 3.8) is 0 Å². The lowest BCUT2D eigenvalue weighted by molar-refractivity contribution is -0.132. The second kappa shape index (κ2) is 7.12. The van der Waals surface area contributed by atoms with Gasteiger partial charge in [0.05, 0.1) is 5.52 Å². The number of thiophene rings is 1. The number of carbonyl (C=O) groups is 1. The first-order chi connectivity index (χ1) is 11.2. The van der Waals surface area contributed by atoms with Crippen molar-refractivity contribution in [2.45, 2.75) is 45.1 Å². The van der Waals surface area contributed by atoms with Crippen molar-refractivity contribution in [1.29, 1.82) is 0 Å². The molecule has 0 unspecified atom stereocenters. The maximum absolute atomic E-state index is 12.3. The largest absolute Gasteiger partial charge is 0.343 e. The van der Waals surface area contributed by atoms with Crippen molar-refractivity contribution in [2.24, 2.45) is 0 Å². The predicted octanol–water partition coefficient (Wildman–Crippen LogP) is 1.93. The number of amides is 1. The van der Waals surface area contributed by atoms with Crippen molar-refractivity contribution in [3.8, 4) is 0 Å². The Morgan fingerprint density at radius 2 is 1.96 bits per heavy atom. The summed E-state index contributed by atoms with van der Waals surface area (Å²) >= 11 is 1.34. The molecule has 0 aliphatic carbocycles. The SMILES string of the molecule is O=C(CCCCn1c(=O)[nH]c2ccsc2c1=O)N1CCCCC1. The Morgan fingerprint density at radius 1 is 1.17 bits per heavy atom. The third-order valence-corrected chi connectivity index (χ3v) is 5.22. The minimum atomic E-state index is -0.372.